The van der Waals surface area contributed by atoms with Crippen molar-refractivity contribution >= 4 is 38.8 Å². The van der Waals surface area contributed by atoms with Crippen LogP contribution in [-0.2, 0) is 12.2 Å². The molecule has 5 nitrogen and oxygen atoms in total. The molecule has 0 aliphatic carbocycles. The van der Waals surface area contributed by atoms with Gasteiger partial charge in [-0.2, -0.15) is 5.26 Å². The van der Waals surface area contributed by atoms with Gasteiger partial charge in [-0.1, -0.05) is 39.8 Å². The number of benzene rings is 2. The Bertz CT molecular complexity index is 815. The molecule has 0 atom stereocenters. The highest BCUT2D eigenvalue weighted by molar-refractivity contribution is 9.10. The van der Waals surface area contributed by atoms with Crippen LogP contribution < -0.4 is 11.1 Å². The zero-order chi connectivity index (χ0) is 18.2. The highest BCUT2D eigenvalue weighted by atomic mass is 79.9. The number of thioether (sulfide) groups is 1. The Morgan fingerprint density at radius 1 is 1.28 bits per heavy atom. The molecule has 0 aromatic heterocycles. The van der Waals surface area contributed by atoms with Crippen molar-refractivity contribution in [1.29, 1.82) is 10.7 Å². The largest absolute Gasteiger partial charge is 0.379 e. The average molecular weight is 417 g/mol. The van der Waals surface area contributed by atoms with E-state index in [9.17, 15) is 4.79 Å². The number of nitriles is 1. The predicted octanol–water partition coefficient (Wildman–Crippen LogP) is 3.42. The zero-order valence-electron chi connectivity index (χ0n) is 13.4. The normalized spacial score (nSPS) is 10.1. The van der Waals surface area contributed by atoms with Crippen molar-refractivity contribution in [2.45, 2.75) is 12.2 Å². The second-order valence-corrected chi connectivity index (χ2v) is 7.20. The third-order valence-corrected chi connectivity index (χ3v) is 4.74. The Morgan fingerprint density at radius 2 is 2.00 bits per heavy atom. The van der Waals surface area contributed by atoms with Gasteiger partial charge >= 0.3 is 0 Å². The van der Waals surface area contributed by atoms with E-state index in [1.165, 1.54) is 11.8 Å². The standard InChI is InChI=1S/C18H17BrN4OS/c19-15-5-6-16(14(9-15)11-25-18(21)22)17(24)23-8-7-12-1-3-13(10-20)4-2-12/h1-6,9H,7-8,11H2,(H3,21,22)(H,23,24). The Labute approximate surface area is 159 Å². The summed E-state index contributed by atoms with van der Waals surface area (Å²) in [6.45, 7) is 0.500. The van der Waals surface area contributed by atoms with E-state index in [0.717, 1.165) is 15.6 Å². The molecule has 0 fully saturated rings. The highest BCUT2D eigenvalue weighted by Gasteiger charge is 2.12. The minimum absolute atomic E-state index is 0.0205. The van der Waals surface area contributed by atoms with Gasteiger partial charge in [-0.05, 0) is 47.9 Å². The summed E-state index contributed by atoms with van der Waals surface area (Å²) >= 11 is 4.58. The molecule has 0 saturated heterocycles. The van der Waals surface area contributed by atoms with Crippen LogP contribution in [-0.4, -0.2) is 17.6 Å². The molecule has 7 heteroatoms. The molecule has 25 heavy (non-hydrogen) atoms. The lowest BCUT2D eigenvalue weighted by Crippen LogP contribution is -2.26. The zero-order valence-corrected chi connectivity index (χ0v) is 15.8. The molecule has 128 valence electrons. The third kappa shape index (κ3) is 5.93. The number of amidine groups is 1. The Kier molecular flexibility index (Phi) is 7.04. The van der Waals surface area contributed by atoms with E-state index < -0.39 is 0 Å². The quantitative estimate of drug-likeness (QED) is 0.495. The van der Waals surface area contributed by atoms with Gasteiger partial charge in [0.1, 0.15) is 0 Å². The first kappa shape index (κ1) is 19.0. The summed E-state index contributed by atoms with van der Waals surface area (Å²) in [4.78, 5) is 12.4. The molecule has 2 aromatic carbocycles. The van der Waals surface area contributed by atoms with Crippen molar-refractivity contribution in [2.24, 2.45) is 5.73 Å². The molecule has 0 radical (unpaired) electrons. The fraction of sp³-hybridized carbons (Fsp3) is 0.167. The highest BCUT2D eigenvalue weighted by Crippen LogP contribution is 2.21. The number of halogens is 1. The first-order valence-electron chi connectivity index (χ1n) is 7.52. The minimum atomic E-state index is -0.153. The number of carbonyl (C=O) groups excluding carboxylic acids is 1. The number of hydrogen-bond acceptors (Lipinski definition) is 4. The summed E-state index contributed by atoms with van der Waals surface area (Å²) in [5.41, 5.74) is 8.47. The first-order chi connectivity index (χ1) is 12.0. The predicted molar refractivity (Wildman–Crippen MR) is 105 cm³/mol. The van der Waals surface area contributed by atoms with Crippen LogP contribution in [0.2, 0.25) is 0 Å². The van der Waals surface area contributed by atoms with E-state index in [0.29, 0.717) is 29.8 Å². The average Bonchev–Trinajstić information content (AvgIpc) is 2.60. The minimum Gasteiger partial charge on any atom is -0.379 e. The van der Waals surface area contributed by atoms with Crippen molar-refractivity contribution < 1.29 is 4.79 Å². The second-order valence-electron chi connectivity index (χ2n) is 5.27. The molecule has 4 N–H and O–H groups in total. The Balaban J connectivity index is 1.97. The van der Waals surface area contributed by atoms with Crippen LogP contribution >= 0.6 is 27.7 Å². The van der Waals surface area contributed by atoms with Crippen molar-refractivity contribution in [3.8, 4) is 6.07 Å². The monoisotopic (exact) mass is 416 g/mol. The summed E-state index contributed by atoms with van der Waals surface area (Å²) in [6, 6.07) is 14.8. The molecular formula is C18H17BrN4OS. The van der Waals surface area contributed by atoms with Crippen LogP contribution in [0.25, 0.3) is 0 Å². The molecule has 1 amide bonds. The van der Waals surface area contributed by atoms with Gasteiger partial charge in [-0.25, -0.2) is 0 Å². The van der Waals surface area contributed by atoms with Crippen LogP contribution in [0.4, 0.5) is 0 Å². The molecule has 0 saturated carbocycles. The summed E-state index contributed by atoms with van der Waals surface area (Å²) in [5, 5.41) is 19.0. The van der Waals surface area contributed by atoms with Crippen LogP contribution in [0.15, 0.2) is 46.9 Å². The molecular weight excluding hydrogens is 400 g/mol. The lowest BCUT2D eigenvalue weighted by molar-refractivity contribution is 0.0953. The maximum Gasteiger partial charge on any atom is 0.251 e. The van der Waals surface area contributed by atoms with Crippen molar-refractivity contribution in [3.63, 3.8) is 0 Å². The maximum atomic E-state index is 12.4. The van der Waals surface area contributed by atoms with Crippen LogP contribution in [0, 0.1) is 16.7 Å². The summed E-state index contributed by atoms with van der Waals surface area (Å²) < 4.78 is 0.876. The van der Waals surface area contributed by atoms with Crippen LogP contribution in [0.1, 0.15) is 27.0 Å². The third-order valence-electron chi connectivity index (χ3n) is 3.48. The van der Waals surface area contributed by atoms with E-state index >= 15 is 0 Å². The Hall–Kier alpha value is -2.30. The summed E-state index contributed by atoms with van der Waals surface area (Å²) in [5.74, 6) is 0.313. The van der Waals surface area contributed by atoms with E-state index in [1.807, 2.05) is 24.3 Å². The van der Waals surface area contributed by atoms with E-state index in [1.54, 1.807) is 18.2 Å². The van der Waals surface area contributed by atoms with Gasteiger partial charge in [0.05, 0.1) is 11.6 Å². The fourth-order valence-electron chi connectivity index (χ4n) is 2.22. The number of nitrogens with two attached hydrogens (primary N) is 1. The second kappa shape index (κ2) is 9.25. The topological polar surface area (TPSA) is 103 Å². The number of hydrogen-bond donors (Lipinski definition) is 3. The molecule has 0 aliphatic heterocycles. The number of carbonyl (C=O) groups is 1. The Morgan fingerprint density at radius 3 is 2.64 bits per heavy atom. The summed E-state index contributed by atoms with van der Waals surface area (Å²) in [6.07, 6.45) is 0.686. The van der Waals surface area contributed by atoms with Gasteiger partial charge in [-0.3, -0.25) is 10.2 Å². The van der Waals surface area contributed by atoms with Gasteiger partial charge in [0, 0.05) is 22.3 Å². The molecule has 0 heterocycles. The van der Waals surface area contributed by atoms with E-state index in [2.05, 4.69) is 27.3 Å². The molecule has 0 bridgehead atoms. The van der Waals surface area contributed by atoms with E-state index in [4.69, 9.17) is 16.4 Å². The number of amides is 1. The lowest BCUT2D eigenvalue weighted by atomic mass is 10.1. The van der Waals surface area contributed by atoms with Gasteiger partial charge in [0.15, 0.2) is 5.17 Å². The first-order valence-corrected chi connectivity index (χ1v) is 9.30. The van der Waals surface area contributed by atoms with Gasteiger partial charge < -0.3 is 11.1 Å². The molecule has 2 aromatic rings. The number of rotatable bonds is 6. The molecule has 0 spiro atoms. The van der Waals surface area contributed by atoms with Crippen LogP contribution in [0.5, 0.6) is 0 Å². The van der Waals surface area contributed by atoms with Crippen molar-refractivity contribution in [3.05, 3.63) is 69.2 Å². The van der Waals surface area contributed by atoms with Gasteiger partial charge in [0.2, 0.25) is 0 Å². The lowest BCUT2D eigenvalue weighted by Gasteiger charge is -2.11. The SMILES string of the molecule is N#Cc1ccc(CCNC(=O)c2ccc(Br)cc2CSC(=N)N)cc1. The molecule has 0 aliphatic rings. The summed E-state index contributed by atoms with van der Waals surface area (Å²) in [7, 11) is 0. The van der Waals surface area contributed by atoms with Gasteiger partial charge in [-0.15, -0.1) is 0 Å². The smallest absolute Gasteiger partial charge is 0.251 e. The number of nitrogens with zero attached hydrogens (tertiary/aromatic N) is 1. The maximum absolute atomic E-state index is 12.4. The van der Waals surface area contributed by atoms with Crippen molar-refractivity contribution in [1.82, 2.24) is 5.32 Å². The van der Waals surface area contributed by atoms with Crippen molar-refractivity contribution in [2.75, 3.05) is 6.54 Å². The molecule has 0 unspecified atom stereocenters. The van der Waals surface area contributed by atoms with Gasteiger partial charge in [0.25, 0.3) is 5.91 Å². The number of nitrogens with one attached hydrogen (secondary N) is 2. The van der Waals surface area contributed by atoms with Crippen LogP contribution in [0.3, 0.4) is 0 Å². The molecule has 2 rings (SSSR count). The van der Waals surface area contributed by atoms with E-state index in [-0.39, 0.29) is 11.1 Å². The fourth-order valence-corrected chi connectivity index (χ4v) is 3.18.